The normalized spacial score (nSPS) is 22.1. The van der Waals surface area contributed by atoms with Crippen molar-refractivity contribution in [2.45, 2.75) is 39.5 Å². The molecule has 0 saturated carbocycles. The number of aryl methyl sites for hydroxylation is 1. The third-order valence-corrected chi connectivity index (χ3v) is 3.93. The summed E-state index contributed by atoms with van der Waals surface area (Å²) in [5.41, 5.74) is 3.27. The number of carbonyl (C=O) groups excluding carboxylic acids is 1. The summed E-state index contributed by atoms with van der Waals surface area (Å²) in [7, 11) is 0. The van der Waals surface area contributed by atoms with E-state index in [0.29, 0.717) is 5.78 Å². The van der Waals surface area contributed by atoms with Gasteiger partial charge >= 0.3 is 0 Å². The summed E-state index contributed by atoms with van der Waals surface area (Å²) < 4.78 is 0. The first-order chi connectivity index (χ1) is 7.98. The van der Waals surface area contributed by atoms with Gasteiger partial charge < -0.3 is 0 Å². The van der Waals surface area contributed by atoms with Crippen molar-refractivity contribution in [3.63, 3.8) is 0 Å². The Bertz CT molecular complexity index is 480. The zero-order valence-electron chi connectivity index (χ0n) is 11.1. The van der Waals surface area contributed by atoms with Crippen molar-refractivity contribution in [1.82, 2.24) is 0 Å². The van der Waals surface area contributed by atoms with E-state index in [1.165, 1.54) is 11.1 Å². The molecule has 0 radical (unpaired) electrons. The smallest absolute Gasteiger partial charge is 0.167 e. The van der Waals surface area contributed by atoms with Crippen molar-refractivity contribution in [3.05, 3.63) is 47.0 Å². The van der Waals surface area contributed by atoms with E-state index in [9.17, 15) is 4.79 Å². The Morgan fingerprint density at radius 2 is 2.06 bits per heavy atom. The first-order valence-corrected chi connectivity index (χ1v) is 6.25. The molecule has 17 heavy (non-hydrogen) atoms. The number of Topliss-reactive ketones (excluding diaryl/α,β-unsaturated/α-hetero) is 1. The maximum Gasteiger partial charge on any atom is 0.167 e. The second-order valence-corrected chi connectivity index (χ2v) is 5.49. The average molecular weight is 228 g/mol. The maximum atomic E-state index is 12.4. The summed E-state index contributed by atoms with van der Waals surface area (Å²) in [6, 6.07) is 6.26. The lowest BCUT2D eigenvalue weighted by molar-refractivity contribution is 0.0899. The number of hydrogen-bond acceptors (Lipinski definition) is 1. The van der Waals surface area contributed by atoms with Crippen LogP contribution in [-0.4, -0.2) is 5.78 Å². The van der Waals surface area contributed by atoms with E-state index in [0.717, 1.165) is 12.0 Å². The predicted octanol–water partition coefficient (Wildman–Crippen LogP) is 4.05. The molecule has 1 aliphatic carbocycles. The molecule has 1 aliphatic rings. The van der Waals surface area contributed by atoms with Crippen LogP contribution in [-0.2, 0) is 5.41 Å². The average Bonchev–Trinajstić information content (AvgIpc) is 2.45. The van der Waals surface area contributed by atoms with Crippen molar-refractivity contribution in [1.29, 1.82) is 0 Å². The number of allylic oxidation sites excluding steroid dienone is 2. The van der Waals surface area contributed by atoms with Crippen LogP contribution in [0.2, 0.25) is 0 Å². The highest BCUT2D eigenvalue weighted by atomic mass is 16.1. The Kier molecular flexibility index (Phi) is 2.94. The fourth-order valence-corrected chi connectivity index (χ4v) is 2.80. The van der Waals surface area contributed by atoms with Crippen LogP contribution < -0.4 is 0 Å². The first kappa shape index (κ1) is 12.1. The van der Waals surface area contributed by atoms with Crippen molar-refractivity contribution < 1.29 is 4.79 Å². The molecule has 0 heterocycles. The molecule has 0 fully saturated rings. The third-order valence-electron chi connectivity index (χ3n) is 3.93. The highest BCUT2D eigenvalue weighted by Crippen LogP contribution is 2.44. The molecule has 0 amide bonds. The molecule has 0 unspecified atom stereocenters. The summed E-state index contributed by atoms with van der Waals surface area (Å²) in [6.45, 7) is 8.41. The van der Waals surface area contributed by atoms with Crippen LogP contribution in [0.5, 0.6) is 0 Å². The number of fused-ring (bicyclic) bond motifs is 1. The van der Waals surface area contributed by atoms with E-state index in [1.807, 2.05) is 26.0 Å². The summed E-state index contributed by atoms with van der Waals surface area (Å²) in [4.78, 5) is 12.4. The van der Waals surface area contributed by atoms with Gasteiger partial charge in [-0.2, -0.15) is 0 Å². The third kappa shape index (κ3) is 1.84. The van der Waals surface area contributed by atoms with Crippen LogP contribution in [0, 0.1) is 12.8 Å². The molecule has 2 rings (SSSR count). The summed E-state index contributed by atoms with van der Waals surface area (Å²) in [6.07, 6.45) is 4.97. The van der Waals surface area contributed by atoms with Gasteiger partial charge in [-0.25, -0.2) is 0 Å². The number of ketones is 1. The van der Waals surface area contributed by atoms with E-state index < -0.39 is 0 Å². The molecule has 0 saturated heterocycles. The Morgan fingerprint density at radius 1 is 1.35 bits per heavy atom. The lowest BCUT2D eigenvalue weighted by Crippen LogP contribution is -2.26. The van der Waals surface area contributed by atoms with Gasteiger partial charge in [-0.3, -0.25) is 4.79 Å². The molecule has 0 N–H and O–H groups in total. The quantitative estimate of drug-likeness (QED) is 0.698. The molecule has 1 nitrogen and oxygen atoms in total. The van der Waals surface area contributed by atoms with Crippen molar-refractivity contribution >= 4 is 5.78 Å². The summed E-state index contributed by atoms with van der Waals surface area (Å²) in [5.74, 6) is 0.405. The van der Waals surface area contributed by atoms with E-state index in [4.69, 9.17) is 0 Å². The molecule has 0 spiro atoms. The Morgan fingerprint density at radius 3 is 2.71 bits per heavy atom. The largest absolute Gasteiger partial charge is 0.294 e. The van der Waals surface area contributed by atoms with Gasteiger partial charge in [0.2, 0.25) is 0 Å². The van der Waals surface area contributed by atoms with Gasteiger partial charge in [0.05, 0.1) is 0 Å². The number of rotatable bonds is 2. The van der Waals surface area contributed by atoms with Gasteiger partial charge in [0.1, 0.15) is 0 Å². The fraction of sp³-hybridized carbons (Fsp3) is 0.438. The lowest BCUT2D eigenvalue weighted by Gasteiger charge is -2.26. The molecule has 1 aromatic carbocycles. The highest BCUT2D eigenvalue weighted by Gasteiger charge is 2.44. The first-order valence-electron chi connectivity index (χ1n) is 6.25. The number of benzene rings is 1. The van der Waals surface area contributed by atoms with Crippen molar-refractivity contribution in [2.75, 3.05) is 0 Å². The molecule has 1 atom stereocenters. The van der Waals surface area contributed by atoms with Gasteiger partial charge in [0.25, 0.3) is 0 Å². The molecular formula is C16H20O. The minimum absolute atomic E-state index is 0.0420. The molecule has 1 heteroatoms. The second-order valence-electron chi connectivity index (χ2n) is 5.49. The van der Waals surface area contributed by atoms with Crippen LogP contribution >= 0.6 is 0 Å². The van der Waals surface area contributed by atoms with Gasteiger partial charge in [0.15, 0.2) is 5.78 Å². The molecule has 0 aromatic heterocycles. The topological polar surface area (TPSA) is 17.1 Å². The number of carbonyl (C=O) groups is 1. The number of hydrogen-bond donors (Lipinski definition) is 0. The minimum Gasteiger partial charge on any atom is -0.294 e. The molecule has 1 aromatic rings. The van der Waals surface area contributed by atoms with E-state index in [1.54, 1.807) is 0 Å². The van der Waals surface area contributed by atoms with Gasteiger partial charge in [-0.15, -0.1) is 0 Å². The van der Waals surface area contributed by atoms with Crippen molar-refractivity contribution in [2.24, 2.45) is 5.92 Å². The van der Waals surface area contributed by atoms with Crippen LogP contribution in [0.1, 0.15) is 48.7 Å². The Balaban J connectivity index is 2.48. The lowest BCUT2D eigenvalue weighted by atomic mass is 9.76. The van der Waals surface area contributed by atoms with Crippen LogP contribution in [0.25, 0.3) is 0 Å². The van der Waals surface area contributed by atoms with Gasteiger partial charge in [0, 0.05) is 16.9 Å². The summed E-state index contributed by atoms with van der Waals surface area (Å²) in [5, 5.41) is 0. The van der Waals surface area contributed by atoms with E-state index in [2.05, 4.69) is 32.1 Å². The predicted molar refractivity (Wildman–Crippen MR) is 71.5 cm³/mol. The molecular weight excluding hydrogens is 208 g/mol. The zero-order chi connectivity index (χ0) is 12.6. The van der Waals surface area contributed by atoms with Gasteiger partial charge in [-0.05, 0) is 31.9 Å². The maximum absolute atomic E-state index is 12.4. The fourth-order valence-electron chi connectivity index (χ4n) is 2.80. The molecule has 90 valence electrons. The minimum atomic E-state index is -0.0420. The van der Waals surface area contributed by atoms with Crippen molar-refractivity contribution in [3.8, 4) is 0 Å². The highest BCUT2D eigenvalue weighted by molar-refractivity contribution is 6.04. The summed E-state index contributed by atoms with van der Waals surface area (Å²) >= 11 is 0. The molecule has 0 bridgehead atoms. The Labute approximate surface area is 104 Å². The van der Waals surface area contributed by atoms with Crippen LogP contribution in [0.4, 0.5) is 0 Å². The standard InChI is InChI=1S/C16H20O/c1-5-6-7-14-15(17)12-10-11(2)8-9-13(12)16(14,3)4/h5-6,8-10,14H,7H2,1-4H3/b6-5+/t14-/m0/s1. The van der Waals surface area contributed by atoms with Crippen LogP contribution in [0.3, 0.4) is 0 Å². The van der Waals surface area contributed by atoms with Crippen LogP contribution in [0.15, 0.2) is 30.4 Å². The monoisotopic (exact) mass is 228 g/mol. The SMILES string of the molecule is C/C=C/C[C@H]1C(=O)c2cc(C)ccc2C1(C)C. The second kappa shape index (κ2) is 4.14. The zero-order valence-corrected chi connectivity index (χ0v) is 11.1. The van der Waals surface area contributed by atoms with Gasteiger partial charge in [-0.1, -0.05) is 43.7 Å². The van der Waals surface area contributed by atoms with E-state index >= 15 is 0 Å². The molecule has 0 aliphatic heterocycles. The Hall–Kier alpha value is -1.37. The van der Waals surface area contributed by atoms with E-state index in [-0.39, 0.29) is 11.3 Å².